The van der Waals surface area contributed by atoms with Crippen LogP contribution in [0.2, 0.25) is 0 Å². The third kappa shape index (κ3) is 2.78. The van der Waals surface area contributed by atoms with Crippen molar-refractivity contribution >= 4 is 11.3 Å². The van der Waals surface area contributed by atoms with Crippen LogP contribution in [-0.2, 0) is 0 Å². The fraction of sp³-hybridized carbons (Fsp3) is 0.316. The zero-order valence-electron chi connectivity index (χ0n) is 13.9. The molecule has 0 amide bonds. The molecule has 1 aliphatic carbocycles. The lowest BCUT2D eigenvalue weighted by molar-refractivity contribution is 0.360. The topological polar surface area (TPSA) is 92.0 Å². The van der Waals surface area contributed by atoms with E-state index in [2.05, 4.69) is 20.9 Å². The maximum atomic E-state index is 8.80. The maximum absolute atomic E-state index is 8.80. The standard InChI is InChI=1S/C19H20N6/c20-12-23-15-8-6-14(7-9-15)19-24-16(13-4-2-1-3-5-13)17-18(21)22-10-11-25(17)19/h1-5,10-11,14-15,23H,6-9H2,(H2,21,22). The molecule has 0 unspecified atom stereocenters. The van der Waals surface area contributed by atoms with E-state index >= 15 is 0 Å². The van der Waals surface area contributed by atoms with Gasteiger partial charge in [-0.15, -0.1) is 0 Å². The van der Waals surface area contributed by atoms with E-state index in [9.17, 15) is 0 Å². The van der Waals surface area contributed by atoms with Crippen LogP contribution in [0.1, 0.15) is 37.4 Å². The first-order valence-corrected chi connectivity index (χ1v) is 8.60. The predicted molar refractivity (Wildman–Crippen MR) is 96.6 cm³/mol. The van der Waals surface area contributed by atoms with E-state index in [4.69, 9.17) is 16.0 Å². The van der Waals surface area contributed by atoms with Gasteiger partial charge in [0.25, 0.3) is 0 Å². The second-order valence-corrected chi connectivity index (χ2v) is 6.52. The Hall–Kier alpha value is -3.07. The Balaban J connectivity index is 1.76. The third-order valence-electron chi connectivity index (χ3n) is 5.02. The number of hydrogen-bond donors (Lipinski definition) is 2. The minimum Gasteiger partial charge on any atom is -0.382 e. The van der Waals surface area contributed by atoms with E-state index in [1.807, 2.05) is 36.5 Å². The molecule has 4 rings (SSSR count). The molecule has 0 aliphatic heterocycles. The van der Waals surface area contributed by atoms with Crippen LogP contribution in [0.5, 0.6) is 0 Å². The lowest BCUT2D eigenvalue weighted by Gasteiger charge is -2.26. The molecule has 126 valence electrons. The molecular weight excluding hydrogens is 312 g/mol. The molecule has 3 N–H and O–H groups in total. The van der Waals surface area contributed by atoms with Crippen LogP contribution in [0.15, 0.2) is 42.7 Å². The number of aromatic nitrogens is 3. The van der Waals surface area contributed by atoms with Crippen molar-refractivity contribution in [2.75, 3.05) is 5.73 Å². The Kier molecular flexibility index (Phi) is 3.98. The molecule has 6 nitrogen and oxygen atoms in total. The number of benzene rings is 1. The van der Waals surface area contributed by atoms with Gasteiger partial charge in [-0.05, 0) is 25.7 Å². The number of hydrogen-bond acceptors (Lipinski definition) is 5. The van der Waals surface area contributed by atoms with E-state index in [0.29, 0.717) is 11.7 Å². The SMILES string of the molecule is N#CNC1CCC(c2nc(-c3ccccc3)c3c(N)nccn23)CC1. The molecular formula is C19H20N6. The Labute approximate surface area is 146 Å². The molecule has 6 heteroatoms. The quantitative estimate of drug-likeness (QED) is 0.568. The fourth-order valence-corrected chi connectivity index (χ4v) is 3.76. The summed E-state index contributed by atoms with van der Waals surface area (Å²) in [7, 11) is 0. The summed E-state index contributed by atoms with van der Waals surface area (Å²) in [5.41, 5.74) is 8.99. The largest absolute Gasteiger partial charge is 0.382 e. The zero-order valence-corrected chi connectivity index (χ0v) is 13.9. The number of nitrogens with one attached hydrogen (secondary N) is 1. The number of anilines is 1. The van der Waals surface area contributed by atoms with Crippen LogP contribution in [-0.4, -0.2) is 20.4 Å². The van der Waals surface area contributed by atoms with Crippen molar-refractivity contribution < 1.29 is 0 Å². The first-order valence-electron chi connectivity index (χ1n) is 8.60. The van der Waals surface area contributed by atoms with Crippen molar-refractivity contribution in [1.82, 2.24) is 19.7 Å². The van der Waals surface area contributed by atoms with Gasteiger partial charge in [-0.1, -0.05) is 30.3 Å². The van der Waals surface area contributed by atoms with Crippen molar-refractivity contribution in [3.05, 3.63) is 48.5 Å². The van der Waals surface area contributed by atoms with Gasteiger partial charge >= 0.3 is 0 Å². The van der Waals surface area contributed by atoms with Gasteiger partial charge in [0.2, 0.25) is 0 Å². The zero-order chi connectivity index (χ0) is 17.2. The first kappa shape index (κ1) is 15.5. The summed E-state index contributed by atoms with van der Waals surface area (Å²) in [4.78, 5) is 9.23. The van der Waals surface area contributed by atoms with Crippen LogP contribution in [0.25, 0.3) is 16.8 Å². The number of nitriles is 1. The van der Waals surface area contributed by atoms with Gasteiger partial charge in [0, 0.05) is 29.9 Å². The van der Waals surface area contributed by atoms with Crippen LogP contribution < -0.4 is 11.1 Å². The lowest BCUT2D eigenvalue weighted by Crippen LogP contribution is -2.29. The van der Waals surface area contributed by atoms with E-state index < -0.39 is 0 Å². The van der Waals surface area contributed by atoms with Gasteiger partial charge in [-0.3, -0.25) is 4.40 Å². The molecule has 25 heavy (non-hydrogen) atoms. The van der Waals surface area contributed by atoms with Crippen LogP contribution in [0.4, 0.5) is 5.82 Å². The highest BCUT2D eigenvalue weighted by Crippen LogP contribution is 2.36. The average Bonchev–Trinajstić information content (AvgIpc) is 3.04. The van der Waals surface area contributed by atoms with E-state index in [0.717, 1.165) is 48.3 Å². The highest BCUT2D eigenvalue weighted by Gasteiger charge is 2.27. The second-order valence-electron chi connectivity index (χ2n) is 6.52. The smallest absolute Gasteiger partial charge is 0.176 e. The Morgan fingerprint density at radius 1 is 1.16 bits per heavy atom. The monoisotopic (exact) mass is 332 g/mol. The van der Waals surface area contributed by atoms with Crippen molar-refractivity contribution in [3.63, 3.8) is 0 Å². The van der Waals surface area contributed by atoms with Crippen LogP contribution in [0, 0.1) is 11.5 Å². The van der Waals surface area contributed by atoms with E-state index in [-0.39, 0.29) is 6.04 Å². The average molecular weight is 332 g/mol. The maximum Gasteiger partial charge on any atom is 0.176 e. The van der Waals surface area contributed by atoms with Gasteiger partial charge in [-0.2, -0.15) is 5.26 Å². The van der Waals surface area contributed by atoms with Crippen molar-refractivity contribution in [3.8, 4) is 17.5 Å². The number of nitrogen functional groups attached to an aromatic ring is 1. The molecule has 1 aliphatic rings. The van der Waals surface area contributed by atoms with Crippen LogP contribution in [0.3, 0.4) is 0 Å². The number of fused-ring (bicyclic) bond motifs is 1. The number of imidazole rings is 1. The predicted octanol–water partition coefficient (Wildman–Crippen LogP) is 3.08. The molecule has 1 fully saturated rings. The minimum absolute atomic E-state index is 0.285. The molecule has 2 aromatic heterocycles. The van der Waals surface area contributed by atoms with Gasteiger partial charge < -0.3 is 11.1 Å². The fourth-order valence-electron chi connectivity index (χ4n) is 3.76. The third-order valence-corrected chi connectivity index (χ3v) is 5.02. The number of rotatable bonds is 3. The van der Waals surface area contributed by atoms with Gasteiger partial charge in [0.05, 0.1) is 0 Å². The van der Waals surface area contributed by atoms with Crippen LogP contribution >= 0.6 is 0 Å². The van der Waals surface area contributed by atoms with Crippen molar-refractivity contribution in [1.29, 1.82) is 5.26 Å². The van der Waals surface area contributed by atoms with E-state index in [1.165, 1.54) is 0 Å². The highest BCUT2D eigenvalue weighted by atomic mass is 15.1. The molecule has 1 saturated carbocycles. The Morgan fingerprint density at radius 2 is 1.92 bits per heavy atom. The molecule has 1 aromatic carbocycles. The summed E-state index contributed by atoms with van der Waals surface area (Å²) in [5, 5.41) is 11.7. The Bertz CT molecular complexity index is 916. The summed E-state index contributed by atoms with van der Waals surface area (Å²) in [6.45, 7) is 0. The minimum atomic E-state index is 0.285. The second kappa shape index (κ2) is 6.44. The molecule has 0 atom stereocenters. The van der Waals surface area contributed by atoms with E-state index in [1.54, 1.807) is 6.20 Å². The first-order chi connectivity index (χ1) is 12.3. The van der Waals surface area contributed by atoms with Crippen molar-refractivity contribution in [2.45, 2.75) is 37.6 Å². The summed E-state index contributed by atoms with van der Waals surface area (Å²) < 4.78 is 2.09. The molecule has 0 bridgehead atoms. The van der Waals surface area contributed by atoms with Gasteiger partial charge in [-0.25, -0.2) is 9.97 Å². The summed E-state index contributed by atoms with van der Waals surface area (Å²) in [6, 6.07) is 10.4. The normalized spacial score (nSPS) is 20.3. The molecule has 0 saturated heterocycles. The molecule has 2 heterocycles. The van der Waals surface area contributed by atoms with Gasteiger partial charge in [0.1, 0.15) is 22.9 Å². The number of nitrogens with two attached hydrogens (primary N) is 1. The molecule has 0 spiro atoms. The highest BCUT2D eigenvalue weighted by molar-refractivity contribution is 5.85. The molecule has 0 radical (unpaired) electrons. The van der Waals surface area contributed by atoms with Gasteiger partial charge in [0.15, 0.2) is 6.19 Å². The molecule has 3 aromatic rings. The Morgan fingerprint density at radius 3 is 2.64 bits per heavy atom. The van der Waals surface area contributed by atoms with Crippen molar-refractivity contribution in [2.24, 2.45) is 0 Å². The lowest BCUT2D eigenvalue weighted by atomic mass is 9.85. The number of nitrogens with zero attached hydrogens (tertiary/aromatic N) is 4. The summed E-state index contributed by atoms with van der Waals surface area (Å²) in [5.74, 6) is 1.90. The summed E-state index contributed by atoms with van der Waals surface area (Å²) >= 11 is 0. The summed E-state index contributed by atoms with van der Waals surface area (Å²) in [6.07, 6.45) is 9.71.